The summed E-state index contributed by atoms with van der Waals surface area (Å²) in [6.45, 7) is 2.16. The van der Waals surface area contributed by atoms with E-state index in [-0.39, 0.29) is 6.04 Å². The largest absolute Gasteiger partial charge is 0.271 e. The fourth-order valence-electron chi connectivity index (χ4n) is 2.00. The molecular formula is C15H19N3. The summed E-state index contributed by atoms with van der Waals surface area (Å²) in [6.07, 6.45) is 5.56. The van der Waals surface area contributed by atoms with Gasteiger partial charge in [-0.3, -0.25) is 16.3 Å². The highest BCUT2D eigenvalue weighted by atomic mass is 15.2. The molecule has 0 fully saturated rings. The zero-order valence-corrected chi connectivity index (χ0v) is 10.6. The van der Waals surface area contributed by atoms with Gasteiger partial charge >= 0.3 is 0 Å². The van der Waals surface area contributed by atoms with Crippen LogP contribution < -0.4 is 11.3 Å². The zero-order chi connectivity index (χ0) is 12.8. The van der Waals surface area contributed by atoms with Crippen LogP contribution in [0.1, 0.15) is 29.7 Å². The molecule has 18 heavy (non-hydrogen) atoms. The molecule has 0 aliphatic carbocycles. The second kappa shape index (κ2) is 6.28. The second-order valence-corrected chi connectivity index (χ2v) is 4.38. The number of aromatic nitrogens is 1. The van der Waals surface area contributed by atoms with Gasteiger partial charge in [-0.2, -0.15) is 0 Å². The van der Waals surface area contributed by atoms with Gasteiger partial charge in [0, 0.05) is 12.4 Å². The molecule has 0 aliphatic heterocycles. The third kappa shape index (κ3) is 3.15. The van der Waals surface area contributed by atoms with Gasteiger partial charge in [0.25, 0.3) is 0 Å². The topological polar surface area (TPSA) is 50.9 Å². The standard InChI is InChI=1S/C15H19N3/c1-2-12-5-7-13(8-6-12)10-15(18-16)14-4-3-9-17-11-14/h3-9,11,15,18H,2,10,16H2,1H3. The zero-order valence-electron chi connectivity index (χ0n) is 10.6. The molecule has 1 atom stereocenters. The molecule has 1 aromatic carbocycles. The molecule has 1 heterocycles. The van der Waals surface area contributed by atoms with Crippen LogP contribution in [0.2, 0.25) is 0 Å². The highest BCUT2D eigenvalue weighted by molar-refractivity contribution is 5.25. The van der Waals surface area contributed by atoms with Crippen molar-refractivity contribution < 1.29 is 0 Å². The molecule has 94 valence electrons. The molecule has 0 aliphatic rings. The fourth-order valence-corrected chi connectivity index (χ4v) is 2.00. The number of nitrogens with zero attached hydrogens (tertiary/aromatic N) is 1. The van der Waals surface area contributed by atoms with E-state index in [0.29, 0.717) is 0 Å². The maximum Gasteiger partial charge on any atom is 0.0515 e. The van der Waals surface area contributed by atoms with Crippen molar-refractivity contribution in [1.82, 2.24) is 10.4 Å². The van der Waals surface area contributed by atoms with Gasteiger partial charge < -0.3 is 0 Å². The summed E-state index contributed by atoms with van der Waals surface area (Å²) < 4.78 is 0. The van der Waals surface area contributed by atoms with Crippen LogP contribution in [0.3, 0.4) is 0 Å². The van der Waals surface area contributed by atoms with Gasteiger partial charge in [0.15, 0.2) is 0 Å². The summed E-state index contributed by atoms with van der Waals surface area (Å²) in [5.41, 5.74) is 6.60. The number of benzene rings is 1. The number of hydrazine groups is 1. The number of hydrogen-bond donors (Lipinski definition) is 2. The number of hydrogen-bond acceptors (Lipinski definition) is 3. The van der Waals surface area contributed by atoms with E-state index in [2.05, 4.69) is 41.6 Å². The first kappa shape index (κ1) is 12.7. The smallest absolute Gasteiger partial charge is 0.0515 e. The molecule has 2 rings (SSSR count). The van der Waals surface area contributed by atoms with Crippen molar-refractivity contribution in [2.45, 2.75) is 25.8 Å². The summed E-state index contributed by atoms with van der Waals surface area (Å²) in [5, 5.41) is 0. The van der Waals surface area contributed by atoms with Crippen molar-refractivity contribution in [3.8, 4) is 0 Å². The van der Waals surface area contributed by atoms with Crippen molar-refractivity contribution in [2.75, 3.05) is 0 Å². The summed E-state index contributed by atoms with van der Waals surface area (Å²) in [5.74, 6) is 5.63. The average Bonchev–Trinajstić information content (AvgIpc) is 2.46. The molecule has 2 aromatic rings. The third-order valence-corrected chi connectivity index (χ3v) is 3.16. The lowest BCUT2D eigenvalue weighted by Crippen LogP contribution is -2.29. The van der Waals surface area contributed by atoms with Gasteiger partial charge in [-0.1, -0.05) is 37.3 Å². The lowest BCUT2D eigenvalue weighted by molar-refractivity contribution is 0.550. The molecule has 0 radical (unpaired) electrons. The summed E-state index contributed by atoms with van der Waals surface area (Å²) in [4.78, 5) is 4.13. The van der Waals surface area contributed by atoms with Crippen molar-refractivity contribution in [3.05, 3.63) is 65.5 Å². The molecule has 1 aromatic heterocycles. The predicted molar refractivity (Wildman–Crippen MR) is 73.8 cm³/mol. The lowest BCUT2D eigenvalue weighted by atomic mass is 9.99. The lowest BCUT2D eigenvalue weighted by Gasteiger charge is -2.16. The first-order valence-corrected chi connectivity index (χ1v) is 6.27. The van der Waals surface area contributed by atoms with E-state index in [1.54, 1.807) is 6.20 Å². The van der Waals surface area contributed by atoms with E-state index in [4.69, 9.17) is 5.84 Å². The van der Waals surface area contributed by atoms with Crippen molar-refractivity contribution in [2.24, 2.45) is 5.84 Å². The van der Waals surface area contributed by atoms with E-state index in [0.717, 1.165) is 18.4 Å². The monoisotopic (exact) mass is 241 g/mol. The average molecular weight is 241 g/mol. The van der Waals surface area contributed by atoms with E-state index >= 15 is 0 Å². The number of rotatable bonds is 5. The van der Waals surface area contributed by atoms with Crippen LogP contribution >= 0.6 is 0 Å². The minimum absolute atomic E-state index is 0.103. The highest BCUT2D eigenvalue weighted by Gasteiger charge is 2.10. The number of aryl methyl sites for hydroxylation is 1. The molecule has 0 saturated carbocycles. The Balaban J connectivity index is 2.10. The SMILES string of the molecule is CCc1ccc(CC(NN)c2cccnc2)cc1. The summed E-state index contributed by atoms with van der Waals surface area (Å²) >= 11 is 0. The minimum Gasteiger partial charge on any atom is -0.271 e. The quantitative estimate of drug-likeness (QED) is 0.624. The normalized spacial score (nSPS) is 12.3. The van der Waals surface area contributed by atoms with Gasteiger partial charge in [-0.25, -0.2) is 0 Å². The van der Waals surface area contributed by atoms with Crippen LogP contribution in [-0.4, -0.2) is 4.98 Å². The Morgan fingerprint density at radius 1 is 1.17 bits per heavy atom. The number of nitrogens with two attached hydrogens (primary N) is 1. The van der Waals surface area contributed by atoms with Crippen LogP contribution in [-0.2, 0) is 12.8 Å². The Morgan fingerprint density at radius 2 is 1.89 bits per heavy atom. The predicted octanol–water partition coefficient (Wildman–Crippen LogP) is 2.39. The van der Waals surface area contributed by atoms with Gasteiger partial charge in [-0.15, -0.1) is 0 Å². The van der Waals surface area contributed by atoms with Gasteiger partial charge in [0.2, 0.25) is 0 Å². The summed E-state index contributed by atoms with van der Waals surface area (Å²) in [7, 11) is 0. The molecule has 3 heteroatoms. The van der Waals surface area contributed by atoms with E-state index in [1.165, 1.54) is 11.1 Å². The van der Waals surface area contributed by atoms with Crippen LogP contribution in [0, 0.1) is 0 Å². The fraction of sp³-hybridized carbons (Fsp3) is 0.267. The maximum absolute atomic E-state index is 5.63. The van der Waals surface area contributed by atoms with Crippen LogP contribution in [0.15, 0.2) is 48.8 Å². The Bertz CT molecular complexity index is 465. The molecule has 1 unspecified atom stereocenters. The van der Waals surface area contributed by atoms with Gasteiger partial charge in [-0.05, 0) is 35.6 Å². The first-order chi connectivity index (χ1) is 8.83. The third-order valence-electron chi connectivity index (χ3n) is 3.16. The maximum atomic E-state index is 5.63. The van der Waals surface area contributed by atoms with E-state index in [9.17, 15) is 0 Å². The Labute approximate surface area is 108 Å². The molecular weight excluding hydrogens is 222 g/mol. The molecule has 3 N–H and O–H groups in total. The molecule has 0 saturated heterocycles. The van der Waals surface area contributed by atoms with Gasteiger partial charge in [0.05, 0.1) is 6.04 Å². The van der Waals surface area contributed by atoms with Crippen molar-refractivity contribution >= 4 is 0 Å². The summed E-state index contributed by atoms with van der Waals surface area (Å²) in [6, 6.07) is 12.8. The highest BCUT2D eigenvalue weighted by Crippen LogP contribution is 2.17. The molecule has 0 bridgehead atoms. The first-order valence-electron chi connectivity index (χ1n) is 6.27. The molecule has 0 spiro atoms. The Hall–Kier alpha value is -1.71. The van der Waals surface area contributed by atoms with Crippen molar-refractivity contribution in [1.29, 1.82) is 0 Å². The minimum atomic E-state index is 0.103. The Morgan fingerprint density at radius 3 is 2.44 bits per heavy atom. The second-order valence-electron chi connectivity index (χ2n) is 4.38. The van der Waals surface area contributed by atoms with Crippen LogP contribution in [0.25, 0.3) is 0 Å². The Kier molecular flexibility index (Phi) is 4.45. The van der Waals surface area contributed by atoms with Crippen molar-refractivity contribution in [3.63, 3.8) is 0 Å². The van der Waals surface area contributed by atoms with Crippen LogP contribution in [0.5, 0.6) is 0 Å². The number of pyridine rings is 1. The molecule has 0 amide bonds. The van der Waals surface area contributed by atoms with Crippen LogP contribution in [0.4, 0.5) is 0 Å². The van der Waals surface area contributed by atoms with E-state index < -0.39 is 0 Å². The number of nitrogens with one attached hydrogen (secondary N) is 1. The van der Waals surface area contributed by atoms with Gasteiger partial charge in [0.1, 0.15) is 0 Å². The van der Waals surface area contributed by atoms with E-state index in [1.807, 2.05) is 18.3 Å². The molecule has 3 nitrogen and oxygen atoms in total.